The molecule has 20 heavy (non-hydrogen) atoms. The van der Waals surface area contributed by atoms with E-state index in [2.05, 4.69) is 10.5 Å². The van der Waals surface area contributed by atoms with E-state index >= 15 is 0 Å². The average molecular weight is 273 g/mol. The smallest absolute Gasteiger partial charge is 0.255 e. The summed E-state index contributed by atoms with van der Waals surface area (Å²) in [7, 11) is 1.43. The molecule has 0 aliphatic carbocycles. The predicted octanol–water partition coefficient (Wildman–Crippen LogP) is 0.374. The maximum Gasteiger partial charge on any atom is 0.255 e. The fourth-order valence-corrected chi connectivity index (χ4v) is 1.20. The van der Waals surface area contributed by atoms with E-state index in [1.54, 1.807) is 18.2 Å². The van der Waals surface area contributed by atoms with Crippen LogP contribution < -0.4 is 20.6 Å². The van der Waals surface area contributed by atoms with Gasteiger partial charge in [-0.25, -0.2) is 0 Å². The van der Waals surface area contributed by atoms with Crippen molar-refractivity contribution < 1.29 is 14.3 Å². The van der Waals surface area contributed by atoms with Crippen LogP contribution in [-0.4, -0.2) is 25.3 Å². The summed E-state index contributed by atoms with van der Waals surface area (Å²) in [5.41, 5.74) is 7.68. The van der Waals surface area contributed by atoms with E-state index in [9.17, 15) is 4.79 Å². The van der Waals surface area contributed by atoms with Crippen LogP contribution in [0.5, 0.6) is 11.5 Å². The van der Waals surface area contributed by atoms with Crippen LogP contribution in [0.4, 0.5) is 5.69 Å². The zero-order valence-electron chi connectivity index (χ0n) is 10.6. The molecule has 0 heterocycles. The Labute approximate surface area is 115 Å². The van der Waals surface area contributed by atoms with Crippen molar-refractivity contribution in [2.45, 2.75) is 0 Å². The van der Waals surface area contributed by atoms with Gasteiger partial charge in [0.15, 0.2) is 18.1 Å². The lowest BCUT2D eigenvalue weighted by Crippen LogP contribution is -2.20. The molecule has 0 saturated carbocycles. The van der Waals surface area contributed by atoms with E-state index in [1.165, 1.54) is 19.2 Å². The Morgan fingerprint density at radius 2 is 2.10 bits per heavy atom. The van der Waals surface area contributed by atoms with E-state index in [1.807, 2.05) is 0 Å². The van der Waals surface area contributed by atoms with Gasteiger partial charge in [0, 0.05) is 6.07 Å². The number of nitrogens with one attached hydrogen (secondary N) is 1. The number of primary amides is 1. The maximum absolute atomic E-state index is 10.6. The molecule has 0 atom stereocenters. The molecule has 0 fully saturated rings. The number of rotatable bonds is 6. The second-order valence-electron chi connectivity index (χ2n) is 3.42. The highest BCUT2D eigenvalue weighted by molar-refractivity contribution is 6.10. The molecule has 0 radical (unpaired) electrons. The van der Waals surface area contributed by atoms with Gasteiger partial charge in [0.25, 0.3) is 5.91 Å². The highest BCUT2D eigenvalue weighted by Crippen LogP contribution is 2.30. The molecule has 8 heteroatoms. The molecule has 0 spiro atoms. The molecule has 0 aromatic heterocycles. The van der Waals surface area contributed by atoms with Gasteiger partial charge in [-0.1, -0.05) is 0 Å². The van der Waals surface area contributed by atoms with Gasteiger partial charge in [-0.05, 0) is 12.1 Å². The molecule has 3 N–H and O–H groups in total. The number of hydrazone groups is 1. The molecule has 1 rings (SSSR count). The third-order valence-electron chi connectivity index (χ3n) is 2.04. The first-order valence-electron chi connectivity index (χ1n) is 5.33. The van der Waals surface area contributed by atoms with Crippen molar-refractivity contribution in [1.82, 2.24) is 0 Å². The first kappa shape index (κ1) is 14.8. The number of ether oxygens (including phenoxy) is 2. The van der Waals surface area contributed by atoms with Gasteiger partial charge in [-0.2, -0.15) is 15.6 Å². The lowest BCUT2D eigenvalue weighted by molar-refractivity contribution is -0.119. The summed E-state index contributed by atoms with van der Waals surface area (Å²) in [5, 5.41) is 20.7. The first-order valence-corrected chi connectivity index (χ1v) is 5.33. The number of carbonyl (C=O) groups is 1. The summed E-state index contributed by atoms with van der Waals surface area (Å²) in [6.45, 7) is -0.270. The minimum absolute atomic E-state index is 0.270. The molecule has 0 aliphatic heterocycles. The van der Waals surface area contributed by atoms with Crippen molar-refractivity contribution in [2.75, 3.05) is 19.1 Å². The maximum atomic E-state index is 10.6. The number of hydrogen-bond acceptors (Lipinski definition) is 7. The number of anilines is 1. The highest BCUT2D eigenvalue weighted by atomic mass is 16.5. The van der Waals surface area contributed by atoms with Crippen LogP contribution in [0.25, 0.3) is 0 Å². The molecular formula is C12H11N5O3. The predicted molar refractivity (Wildman–Crippen MR) is 70.0 cm³/mol. The number of benzene rings is 1. The summed E-state index contributed by atoms with van der Waals surface area (Å²) in [4.78, 5) is 10.6. The fraction of sp³-hybridized carbons (Fsp3) is 0.167. The van der Waals surface area contributed by atoms with Crippen molar-refractivity contribution in [2.24, 2.45) is 10.8 Å². The molecular weight excluding hydrogens is 262 g/mol. The van der Waals surface area contributed by atoms with Crippen molar-refractivity contribution in [3.8, 4) is 23.6 Å². The van der Waals surface area contributed by atoms with Gasteiger partial charge < -0.3 is 15.2 Å². The summed E-state index contributed by atoms with van der Waals surface area (Å²) in [6.07, 6.45) is 0. The van der Waals surface area contributed by atoms with Crippen LogP contribution in [-0.2, 0) is 4.79 Å². The van der Waals surface area contributed by atoms with Gasteiger partial charge >= 0.3 is 0 Å². The average Bonchev–Trinajstić information content (AvgIpc) is 2.46. The van der Waals surface area contributed by atoms with Gasteiger partial charge in [0.1, 0.15) is 12.1 Å². The molecule has 0 saturated heterocycles. The minimum atomic E-state index is -0.605. The lowest BCUT2D eigenvalue weighted by atomic mass is 10.3. The molecule has 0 unspecified atom stereocenters. The number of nitriles is 2. The Balaban J connectivity index is 2.88. The summed E-state index contributed by atoms with van der Waals surface area (Å²) < 4.78 is 10.2. The SMILES string of the molecule is COc1cc(NN=C(C#N)C#N)ccc1OCC(N)=O. The van der Waals surface area contributed by atoms with Crippen molar-refractivity contribution in [3.05, 3.63) is 18.2 Å². The Morgan fingerprint density at radius 1 is 1.40 bits per heavy atom. The van der Waals surface area contributed by atoms with E-state index < -0.39 is 5.91 Å². The number of carbonyl (C=O) groups excluding carboxylic acids is 1. The second-order valence-corrected chi connectivity index (χ2v) is 3.42. The quantitative estimate of drug-likeness (QED) is 0.568. The van der Waals surface area contributed by atoms with E-state index in [-0.39, 0.29) is 12.3 Å². The fourth-order valence-electron chi connectivity index (χ4n) is 1.20. The van der Waals surface area contributed by atoms with Gasteiger partial charge in [-0.3, -0.25) is 10.2 Å². The molecule has 1 aromatic rings. The normalized spacial score (nSPS) is 8.75. The molecule has 8 nitrogen and oxygen atoms in total. The standard InChI is InChI=1S/C12H11N5O3/c1-19-11-4-8(16-17-9(5-13)6-14)2-3-10(11)20-7-12(15)18/h2-4,16H,7H2,1H3,(H2,15,18). The van der Waals surface area contributed by atoms with Gasteiger partial charge in [0.05, 0.1) is 12.8 Å². The summed E-state index contributed by atoms with van der Waals surface area (Å²) in [6, 6.07) is 7.88. The van der Waals surface area contributed by atoms with Gasteiger partial charge in [-0.15, -0.1) is 0 Å². The number of methoxy groups -OCH3 is 1. The molecule has 0 aliphatic rings. The van der Waals surface area contributed by atoms with E-state index in [0.29, 0.717) is 17.2 Å². The number of nitrogens with two attached hydrogens (primary N) is 1. The Kier molecular flexibility index (Phi) is 5.35. The topological polar surface area (TPSA) is 134 Å². The lowest BCUT2D eigenvalue weighted by Gasteiger charge is -2.10. The van der Waals surface area contributed by atoms with Crippen LogP contribution in [0.2, 0.25) is 0 Å². The highest BCUT2D eigenvalue weighted by Gasteiger charge is 2.07. The number of amides is 1. The second kappa shape index (κ2) is 7.24. The van der Waals surface area contributed by atoms with Crippen molar-refractivity contribution >= 4 is 17.3 Å². The molecule has 102 valence electrons. The van der Waals surface area contributed by atoms with Crippen molar-refractivity contribution in [3.63, 3.8) is 0 Å². The van der Waals surface area contributed by atoms with Crippen molar-refractivity contribution in [1.29, 1.82) is 10.5 Å². The molecule has 0 bridgehead atoms. The third-order valence-corrected chi connectivity index (χ3v) is 2.04. The van der Waals surface area contributed by atoms with Crippen LogP contribution in [0.3, 0.4) is 0 Å². The summed E-state index contributed by atoms with van der Waals surface area (Å²) >= 11 is 0. The Hall–Kier alpha value is -3.26. The van der Waals surface area contributed by atoms with Crippen LogP contribution in [0, 0.1) is 22.7 Å². The number of nitrogens with zero attached hydrogens (tertiary/aromatic N) is 3. The Bertz CT molecular complexity index is 596. The minimum Gasteiger partial charge on any atom is -0.493 e. The molecule has 1 aromatic carbocycles. The largest absolute Gasteiger partial charge is 0.493 e. The monoisotopic (exact) mass is 273 g/mol. The van der Waals surface area contributed by atoms with Crippen LogP contribution in [0.15, 0.2) is 23.3 Å². The van der Waals surface area contributed by atoms with Gasteiger partial charge in [0.2, 0.25) is 5.71 Å². The van der Waals surface area contributed by atoms with Crippen LogP contribution >= 0.6 is 0 Å². The summed E-state index contributed by atoms with van der Waals surface area (Å²) in [5.74, 6) is 0.0788. The Morgan fingerprint density at radius 3 is 2.65 bits per heavy atom. The molecule has 1 amide bonds. The zero-order valence-corrected chi connectivity index (χ0v) is 10.6. The zero-order chi connectivity index (χ0) is 15.0. The number of hydrogen-bond donors (Lipinski definition) is 2. The third kappa shape index (κ3) is 4.20. The first-order chi connectivity index (χ1) is 9.60. The van der Waals surface area contributed by atoms with E-state index in [0.717, 1.165) is 0 Å². The van der Waals surface area contributed by atoms with Crippen LogP contribution in [0.1, 0.15) is 0 Å². The van der Waals surface area contributed by atoms with E-state index in [4.69, 9.17) is 25.7 Å².